The smallest absolute Gasteiger partial charge is 0.242 e. The lowest BCUT2D eigenvalue weighted by Crippen LogP contribution is -2.52. The molecular formula is C30H41N3O5S. The SMILES string of the molecule is COCCNC(=O)[C@@H](NC(=O)[C@H](Cc1ccccc1)C[C@H](O)[C@@H](O)[C@H](SCCC#N)c1ccccc1)C(C)C. The van der Waals surface area contributed by atoms with Crippen LogP contribution >= 0.6 is 11.8 Å². The third-order valence-electron chi connectivity index (χ3n) is 6.42. The first kappa shape index (κ1) is 32.3. The Hall–Kier alpha value is -2.90. The predicted molar refractivity (Wildman–Crippen MR) is 154 cm³/mol. The summed E-state index contributed by atoms with van der Waals surface area (Å²) in [7, 11) is 1.55. The normalized spacial score (nSPS) is 15.0. The lowest BCUT2D eigenvalue weighted by atomic mass is 9.89. The Balaban J connectivity index is 2.23. The van der Waals surface area contributed by atoms with Crippen LogP contribution < -0.4 is 10.6 Å². The number of ether oxygens (including phenoxy) is 1. The number of carbonyl (C=O) groups is 2. The molecule has 2 aromatic carbocycles. The third-order valence-corrected chi connectivity index (χ3v) is 7.77. The molecule has 5 atom stereocenters. The molecule has 8 nitrogen and oxygen atoms in total. The van der Waals surface area contributed by atoms with Gasteiger partial charge in [-0.05, 0) is 29.9 Å². The number of carbonyl (C=O) groups excluding carboxylic acids is 2. The molecule has 0 aliphatic carbocycles. The molecule has 2 amide bonds. The van der Waals surface area contributed by atoms with Crippen LogP contribution in [0.5, 0.6) is 0 Å². The Morgan fingerprint density at radius 2 is 1.67 bits per heavy atom. The molecule has 212 valence electrons. The van der Waals surface area contributed by atoms with Gasteiger partial charge in [0.25, 0.3) is 0 Å². The summed E-state index contributed by atoms with van der Waals surface area (Å²) in [5, 5.41) is 36.6. The van der Waals surface area contributed by atoms with Crippen LogP contribution in [0.25, 0.3) is 0 Å². The number of nitriles is 1. The molecule has 39 heavy (non-hydrogen) atoms. The maximum Gasteiger partial charge on any atom is 0.242 e. The van der Waals surface area contributed by atoms with Gasteiger partial charge in [-0.25, -0.2) is 0 Å². The molecule has 2 aromatic rings. The van der Waals surface area contributed by atoms with Gasteiger partial charge in [-0.1, -0.05) is 74.5 Å². The molecule has 0 unspecified atom stereocenters. The van der Waals surface area contributed by atoms with Gasteiger partial charge in [-0.2, -0.15) is 5.26 Å². The van der Waals surface area contributed by atoms with E-state index in [9.17, 15) is 19.8 Å². The topological polar surface area (TPSA) is 132 Å². The van der Waals surface area contributed by atoms with Crippen LogP contribution in [-0.2, 0) is 20.7 Å². The maximum absolute atomic E-state index is 13.6. The number of nitrogens with zero attached hydrogens (tertiary/aromatic N) is 1. The van der Waals surface area contributed by atoms with Crippen LogP contribution in [-0.4, -0.2) is 66.3 Å². The molecule has 0 saturated heterocycles. The van der Waals surface area contributed by atoms with E-state index in [1.54, 1.807) is 7.11 Å². The van der Waals surface area contributed by atoms with Crippen LogP contribution in [0.15, 0.2) is 60.7 Å². The van der Waals surface area contributed by atoms with Crippen molar-refractivity contribution in [3.63, 3.8) is 0 Å². The Kier molecular flexibility index (Phi) is 14.6. The van der Waals surface area contributed by atoms with Gasteiger partial charge in [0.15, 0.2) is 0 Å². The highest BCUT2D eigenvalue weighted by atomic mass is 32.2. The Morgan fingerprint density at radius 1 is 1.03 bits per heavy atom. The van der Waals surface area contributed by atoms with Crippen molar-refractivity contribution in [3.8, 4) is 6.07 Å². The van der Waals surface area contributed by atoms with Crippen molar-refractivity contribution in [2.24, 2.45) is 11.8 Å². The number of hydrogen-bond donors (Lipinski definition) is 4. The van der Waals surface area contributed by atoms with Crippen LogP contribution in [0.3, 0.4) is 0 Å². The first-order chi connectivity index (χ1) is 18.8. The number of aliphatic hydroxyl groups is 2. The van der Waals surface area contributed by atoms with Gasteiger partial charge in [-0.3, -0.25) is 9.59 Å². The molecule has 2 rings (SSSR count). The first-order valence-corrected chi connectivity index (χ1v) is 14.3. The number of aliphatic hydroxyl groups excluding tert-OH is 2. The predicted octanol–water partition coefficient (Wildman–Crippen LogP) is 3.25. The van der Waals surface area contributed by atoms with E-state index in [2.05, 4.69) is 16.7 Å². The second-order valence-electron chi connectivity index (χ2n) is 9.80. The Labute approximate surface area is 236 Å². The fourth-order valence-corrected chi connectivity index (χ4v) is 5.46. The monoisotopic (exact) mass is 555 g/mol. The summed E-state index contributed by atoms with van der Waals surface area (Å²) in [6.07, 6.45) is -1.72. The minimum atomic E-state index is -1.21. The lowest BCUT2D eigenvalue weighted by Gasteiger charge is -2.30. The van der Waals surface area contributed by atoms with E-state index in [0.29, 0.717) is 31.7 Å². The zero-order chi connectivity index (χ0) is 28.6. The molecule has 9 heteroatoms. The molecule has 0 aromatic heterocycles. The number of nitrogens with one attached hydrogen (secondary N) is 2. The van der Waals surface area contributed by atoms with Crippen LogP contribution in [0.4, 0.5) is 0 Å². The van der Waals surface area contributed by atoms with E-state index < -0.39 is 29.4 Å². The number of rotatable bonds is 17. The van der Waals surface area contributed by atoms with E-state index in [0.717, 1.165) is 11.1 Å². The van der Waals surface area contributed by atoms with E-state index in [-0.39, 0.29) is 24.2 Å². The Bertz CT molecular complexity index is 1030. The van der Waals surface area contributed by atoms with Gasteiger partial charge >= 0.3 is 0 Å². The molecule has 0 spiro atoms. The number of hydrogen-bond acceptors (Lipinski definition) is 7. The number of thioether (sulfide) groups is 1. The third kappa shape index (κ3) is 11.0. The van der Waals surface area contributed by atoms with Gasteiger partial charge in [0.2, 0.25) is 11.8 Å². The summed E-state index contributed by atoms with van der Waals surface area (Å²) in [5.41, 5.74) is 1.75. The first-order valence-electron chi connectivity index (χ1n) is 13.3. The minimum absolute atomic E-state index is 0.000146. The fourth-order valence-electron chi connectivity index (χ4n) is 4.27. The van der Waals surface area contributed by atoms with Crippen LogP contribution in [0, 0.1) is 23.2 Å². The van der Waals surface area contributed by atoms with Crippen molar-refractivity contribution >= 4 is 23.6 Å². The zero-order valence-electron chi connectivity index (χ0n) is 23.0. The average Bonchev–Trinajstić information content (AvgIpc) is 2.94. The lowest BCUT2D eigenvalue weighted by molar-refractivity contribution is -0.133. The highest BCUT2D eigenvalue weighted by Gasteiger charge is 2.34. The number of benzene rings is 2. The molecular weight excluding hydrogens is 514 g/mol. The highest BCUT2D eigenvalue weighted by molar-refractivity contribution is 7.99. The van der Waals surface area contributed by atoms with Crippen molar-refractivity contribution in [1.29, 1.82) is 5.26 Å². The molecule has 0 aliphatic rings. The number of methoxy groups -OCH3 is 1. The standard InChI is InChI=1S/C30H41N3O5S/c1-21(2)26(30(37)32-16-17-38-3)33-29(36)24(19-22-11-6-4-7-12-22)20-25(34)27(35)28(39-18-10-15-31)23-13-8-5-9-14-23/h4-9,11-14,21,24-28,34-35H,10,16-20H2,1-3H3,(H,32,37)(H,33,36)/t24-,25+,26+,27-,28-/m1/s1. The van der Waals surface area contributed by atoms with Gasteiger partial charge in [-0.15, -0.1) is 11.8 Å². The molecule has 0 saturated carbocycles. The molecule has 0 aliphatic heterocycles. The maximum atomic E-state index is 13.6. The zero-order valence-corrected chi connectivity index (χ0v) is 23.8. The molecule has 0 radical (unpaired) electrons. The van der Waals surface area contributed by atoms with Crippen molar-refractivity contribution in [2.45, 2.75) is 56.6 Å². The fraction of sp³-hybridized carbons (Fsp3) is 0.500. The highest BCUT2D eigenvalue weighted by Crippen LogP contribution is 2.35. The van der Waals surface area contributed by atoms with E-state index >= 15 is 0 Å². The van der Waals surface area contributed by atoms with Gasteiger partial charge in [0.05, 0.1) is 30.1 Å². The molecule has 4 N–H and O–H groups in total. The summed E-state index contributed by atoms with van der Waals surface area (Å²) in [4.78, 5) is 26.3. The van der Waals surface area contributed by atoms with Gasteiger partial charge in [0, 0.05) is 31.7 Å². The van der Waals surface area contributed by atoms with E-state index in [1.807, 2.05) is 74.5 Å². The van der Waals surface area contributed by atoms with Gasteiger partial charge < -0.3 is 25.6 Å². The molecule has 0 heterocycles. The van der Waals surface area contributed by atoms with Crippen molar-refractivity contribution in [3.05, 3.63) is 71.8 Å². The van der Waals surface area contributed by atoms with Crippen molar-refractivity contribution < 1.29 is 24.5 Å². The summed E-state index contributed by atoms with van der Waals surface area (Å²) in [6.45, 7) is 4.40. The summed E-state index contributed by atoms with van der Waals surface area (Å²) in [5.74, 6) is -1.01. The minimum Gasteiger partial charge on any atom is -0.390 e. The second kappa shape index (κ2) is 17.6. The Morgan fingerprint density at radius 3 is 2.26 bits per heavy atom. The quantitative estimate of drug-likeness (QED) is 0.220. The van der Waals surface area contributed by atoms with Crippen molar-refractivity contribution in [1.82, 2.24) is 10.6 Å². The summed E-state index contributed by atoms with van der Waals surface area (Å²) < 4.78 is 5.00. The van der Waals surface area contributed by atoms with Crippen molar-refractivity contribution in [2.75, 3.05) is 26.0 Å². The summed E-state index contributed by atoms with van der Waals surface area (Å²) in [6, 6.07) is 20.2. The van der Waals surface area contributed by atoms with Crippen LogP contribution in [0.1, 0.15) is 43.1 Å². The van der Waals surface area contributed by atoms with E-state index in [4.69, 9.17) is 10.00 Å². The average molecular weight is 556 g/mol. The van der Waals surface area contributed by atoms with Crippen LogP contribution in [0.2, 0.25) is 0 Å². The van der Waals surface area contributed by atoms with Gasteiger partial charge in [0.1, 0.15) is 6.04 Å². The molecule has 0 fully saturated rings. The molecule has 0 bridgehead atoms. The van der Waals surface area contributed by atoms with E-state index in [1.165, 1.54) is 11.8 Å². The number of amides is 2. The summed E-state index contributed by atoms with van der Waals surface area (Å²) >= 11 is 1.41. The largest absolute Gasteiger partial charge is 0.390 e. The second-order valence-corrected chi connectivity index (χ2v) is 11.1.